The Morgan fingerprint density at radius 2 is 1.85 bits per heavy atom. The van der Waals surface area contributed by atoms with E-state index in [1.54, 1.807) is 14.2 Å². The minimum absolute atomic E-state index is 0.00608. The molecule has 2 bridgehead atoms. The molecular formula is C21H22ClNO3. The van der Waals surface area contributed by atoms with Crippen LogP contribution in [0.2, 0.25) is 5.02 Å². The highest BCUT2D eigenvalue weighted by Gasteiger charge is 2.47. The van der Waals surface area contributed by atoms with Gasteiger partial charge in [-0.2, -0.15) is 0 Å². The van der Waals surface area contributed by atoms with Crippen LogP contribution in [0.15, 0.2) is 42.5 Å². The van der Waals surface area contributed by atoms with E-state index < -0.39 is 0 Å². The Hall–Kier alpha value is -2.20. The fourth-order valence-electron chi connectivity index (χ4n) is 4.45. The molecule has 3 fully saturated rings. The zero-order chi connectivity index (χ0) is 18.3. The van der Waals surface area contributed by atoms with E-state index in [4.69, 9.17) is 21.1 Å². The number of hydrogen-bond donors (Lipinski definition) is 0. The van der Waals surface area contributed by atoms with Crippen molar-refractivity contribution in [3.05, 3.63) is 53.1 Å². The first-order valence-corrected chi connectivity index (χ1v) is 9.28. The molecule has 3 aliphatic rings. The zero-order valence-corrected chi connectivity index (χ0v) is 15.7. The number of piperidine rings is 2. The Balaban J connectivity index is 1.81. The van der Waals surface area contributed by atoms with Crippen molar-refractivity contribution in [1.29, 1.82) is 0 Å². The van der Waals surface area contributed by atoms with Crippen molar-refractivity contribution in [3.63, 3.8) is 0 Å². The average Bonchev–Trinajstić information content (AvgIpc) is 2.67. The zero-order valence-electron chi connectivity index (χ0n) is 14.9. The van der Waals surface area contributed by atoms with Gasteiger partial charge in [0, 0.05) is 35.2 Å². The molecule has 26 heavy (non-hydrogen) atoms. The molecule has 0 N–H and O–H groups in total. The molecule has 136 valence electrons. The monoisotopic (exact) mass is 371 g/mol. The van der Waals surface area contributed by atoms with E-state index in [1.165, 1.54) is 0 Å². The molecule has 1 aliphatic carbocycles. The van der Waals surface area contributed by atoms with E-state index in [-0.39, 0.29) is 18.0 Å². The molecule has 2 aromatic carbocycles. The Labute approximate surface area is 158 Å². The van der Waals surface area contributed by atoms with Crippen LogP contribution >= 0.6 is 11.6 Å². The third-order valence-electron chi connectivity index (χ3n) is 5.59. The van der Waals surface area contributed by atoms with Crippen molar-refractivity contribution in [2.45, 2.75) is 31.3 Å². The average molecular weight is 372 g/mol. The molecule has 0 unspecified atom stereocenters. The van der Waals surface area contributed by atoms with Gasteiger partial charge in [-0.05, 0) is 42.7 Å². The summed E-state index contributed by atoms with van der Waals surface area (Å²) in [5.74, 6) is 1.77. The molecule has 0 aromatic heterocycles. The number of nitrogens with zero attached hydrogens (tertiary/aromatic N) is 1. The number of carbonyl (C=O) groups is 1. The maximum Gasteiger partial charge on any atom is 0.162 e. The lowest BCUT2D eigenvalue weighted by atomic mass is 9.71. The summed E-state index contributed by atoms with van der Waals surface area (Å²) in [4.78, 5) is 15.0. The van der Waals surface area contributed by atoms with Gasteiger partial charge in [0.05, 0.1) is 20.3 Å². The number of ketones is 1. The molecule has 1 saturated carbocycles. The van der Waals surface area contributed by atoms with Gasteiger partial charge in [-0.1, -0.05) is 23.7 Å². The van der Waals surface area contributed by atoms with Crippen molar-refractivity contribution in [1.82, 2.24) is 0 Å². The van der Waals surface area contributed by atoms with Gasteiger partial charge in [0.15, 0.2) is 11.5 Å². The fourth-order valence-corrected chi connectivity index (χ4v) is 4.65. The number of hydrogen-bond acceptors (Lipinski definition) is 4. The first-order chi connectivity index (χ1) is 12.6. The van der Waals surface area contributed by atoms with Crippen LogP contribution in [0.1, 0.15) is 30.9 Å². The largest absolute Gasteiger partial charge is 0.493 e. The van der Waals surface area contributed by atoms with Gasteiger partial charge in [0.2, 0.25) is 0 Å². The SMILES string of the molecule is COc1ccc(N2[C@H]3CC[C@H](C(=O)C3)[C@H]2c2cccc(Cl)c2)cc1OC. The molecule has 2 saturated heterocycles. The summed E-state index contributed by atoms with van der Waals surface area (Å²) in [5.41, 5.74) is 2.14. The Bertz CT molecular complexity index is 838. The van der Waals surface area contributed by atoms with Gasteiger partial charge in [-0.3, -0.25) is 4.79 Å². The van der Waals surface area contributed by atoms with Crippen LogP contribution in [-0.4, -0.2) is 26.0 Å². The molecule has 2 aliphatic heterocycles. The van der Waals surface area contributed by atoms with Crippen molar-refractivity contribution in [3.8, 4) is 11.5 Å². The van der Waals surface area contributed by atoms with Gasteiger partial charge in [0.1, 0.15) is 5.78 Å². The van der Waals surface area contributed by atoms with E-state index >= 15 is 0 Å². The lowest BCUT2D eigenvalue weighted by molar-refractivity contribution is -0.128. The third-order valence-corrected chi connectivity index (χ3v) is 5.83. The number of halogens is 1. The summed E-state index contributed by atoms with van der Waals surface area (Å²) in [6.07, 6.45) is 2.57. The normalized spacial score (nSPS) is 24.7. The number of ether oxygens (including phenoxy) is 2. The fraction of sp³-hybridized carbons (Fsp3) is 0.381. The summed E-state index contributed by atoms with van der Waals surface area (Å²) in [6.45, 7) is 0. The molecule has 0 amide bonds. The Morgan fingerprint density at radius 3 is 2.54 bits per heavy atom. The summed E-state index contributed by atoms with van der Waals surface area (Å²) in [5, 5.41) is 0.698. The molecule has 5 rings (SSSR count). The molecule has 2 aromatic rings. The van der Waals surface area contributed by atoms with E-state index in [2.05, 4.69) is 11.0 Å². The van der Waals surface area contributed by atoms with Crippen molar-refractivity contribution >= 4 is 23.1 Å². The molecule has 0 radical (unpaired) electrons. The number of rotatable bonds is 4. The predicted octanol–water partition coefficient (Wildman–Crippen LogP) is 4.66. The second-order valence-corrected chi connectivity index (χ2v) is 7.39. The van der Waals surface area contributed by atoms with Crippen LogP contribution in [0.3, 0.4) is 0 Å². The quantitative estimate of drug-likeness (QED) is 0.783. The Kier molecular flexibility index (Phi) is 4.53. The van der Waals surface area contributed by atoms with Gasteiger partial charge in [0.25, 0.3) is 0 Å². The molecule has 3 atom stereocenters. The first-order valence-electron chi connectivity index (χ1n) is 8.91. The van der Waals surface area contributed by atoms with Crippen LogP contribution in [0.4, 0.5) is 5.69 Å². The summed E-state index contributed by atoms with van der Waals surface area (Å²) in [7, 11) is 3.27. The number of anilines is 1. The van der Waals surface area contributed by atoms with E-state index in [9.17, 15) is 4.79 Å². The standard InChI is InChI=1S/C21H22ClNO3/c1-25-19-9-7-16(12-20(19)26-2)23-15-6-8-17(18(24)11-15)21(23)13-4-3-5-14(22)10-13/h3-5,7,9-10,12,15,17,21H,6,8,11H2,1-2H3/t15-,17+,21+/m0/s1. The maximum absolute atomic E-state index is 12.6. The Morgan fingerprint density at radius 1 is 1.04 bits per heavy atom. The van der Waals surface area contributed by atoms with Crippen molar-refractivity contribution in [2.24, 2.45) is 5.92 Å². The number of benzene rings is 2. The van der Waals surface area contributed by atoms with Gasteiger partial charge in [-0.15, -0.1) is 0 Å². The van der Waals surface area contributed by atoms with Crippen LogP contribution in [0.5, 0.6) is 11.5 Å². The highest BCUT2D eigenvalue weighted by atomic mass is 35.5. The smallest absolute Gasteiger partial charge is 0.162 e. The van der Waals surface area contributed by atoms with Gasteiger partial charge in [-0.25, -0.2) is 0 Å². The van der Waals surface area contributed by atoms with Crippen molar-refractivity contribution < 1.29 is 14.3 Å². The topological polar surface area (TPSA) is 38.8 Å². The second kappa shape index (κ2) is 6.84. The van der Waals surface area contributed by atoms with Crippen LogP contribution in [0.25, 0.3) is 0 Å². The van der Waals surface area contributed by atoms with Gasteiger partial charge < -0.3 is 14.4 Å². The van der Waals surface area contributed by atoms with E-state index in [0.717, 1.165) is 24.1 Å². The number of carbonyl (C=O) groups excluding carboxylic acids is 1. The maximum atomic E-state index is 12.6. The lowest BCUT2D eigenvalue weighted by Crippen LogP contribution is -2.54. The van der Waals surface area contributed by atoms with Gasteiger partial charge >= 0.3 is 0 Å². The number of methoxy groups -OCH3 is 2. The summed E-state index contributed by atoms with van der Waals surface area (Å²) >= 11 is 6.24. The van der Waals surface area contributed by atoms with Crippen LogP contribution in [0, 0.1) is 5.92 Å². The summed E-state index contributed by atoms with van der Waals surface area (Å²) in [6, 6.07) is 14.1. The lowest BCUT2D eigenvalue weighted by Gasteiger charge is -2.52. The van der Waals surface area contributed by atoms with Crippen LogP contribution < -0.4 is 14.4 Å². The van der Waals surface area contributed by atoms with E-state index in [1.807, 2.05) is 36.4 Å². The van der Waals surface area contributed by atoms with E-state index in [0.29, 0.717) is 28.7 Å². The predicted molar refractivity (Wildman–Crippen MR) is 102 cm³/mol. The minimum Gasteiger partial charge on any atom is -0.493 e. The molecule has 2 heterocycles. The molecule has 0 spiro atoms. The molecule has 4 nitrogen and oxygen atoms in total. The second-order valence-electron chi connectivity index (χ2n) is 6.95. The first kappa shape index (κ1) is 17.2. The highest BCUT2D eigenvalue weighted by molar-refractivity contribution is 6.30. The van der Waals surface area contributed by atoms with Crippen molar-refractivity contribution in [2.75, 3.05) is 19.1 Å². The number of fused-ring (bicyclic) bond motifs is 3. The minimum atomic E-state index is 0.00608. The molecule has 5 heteroatoms. The third kappa shape index (κ3) is 2.82. The molecular weight excluding hydrogens is 350 g/mol. The highest BCUT2D eigenvalue weighted by Crippen LogP contribution is 2.49. The van der Waals surface area contributed by atoms with Crippen LogP contribution in [-0.2, 0) is 4.79 Å². The number of Topliss-reactive ketones (excluding diaryl/α,β-unsaturated/α-hetero) is 1. The summed E-state index contributed by atoms with van der Waals surface area (Å²) < 4.78 is 10.9.